The van der Waals surface area contributed by atoms with Gasteiger partial charge < -0.3 is 20.8 Å². The number of hydrogen-bond donors (Lipinski definition) is 4. The number of rotatable bonds is 5. The number of carboxylic acids is 1. The highest BCUT2D eigenvalue weighted by Crippen LogP contribution is 2.09. The van der Waals surface area contributed by atoms with Gasteiger partial charge in [-0.25, -0.2) is 13.2 Å². The van der Waals surface area contributed by atoms with Gasteiger partial charge in [0.25, 0.3) is 0 Å². The molecule has 0 bridgehead atoms. The molecular formula is C10H16N2O6S. The van der Waals surface area contributed by atoms with E-state index in [1.807, 2.05) is 0 Å². The summed E-state index contributed by atoms with van der Waals surface area (Å²) in [5, 5.41) is 23.9. The number of sulfone groups is 1. The van der Waals surface area contributed by atoms with Crippen molar-refractivity contribution in [3.8, 4) is 0 Å². The number of amides is 2. The summed E-state index contributed by atoms with van der Waals surface area (Å²) in [6.45, 7) is 1.02. The molecule has 1 aliphatic heterocycles. The topological polar surface area (TPSA) is 133 Å². The molecule has 0 aromatic rings. The molecule has 19 heavy (non-hydrogen) atoms. The van der Waals surface area contributed by atoms with Gasteiger partial charge in [0.1, 0.15) is 0 Å². The molecule has 0 fully saturated rings. The van der Waals surface area contributed by atoms with Gasteiger partial charge in [-0.3, -0.25) is 4.79 Å². The molecule has 1 rings (SSSR count). The Labute approximate surface area is 110 Å². The van der Waals surface area contributed by atoms with Gasteiger partial charge in [0.05, 0.1) is 23.8 Å². The summed E-state index contributed by atoms with van der Waals surface area (Å²) in [6.07, 6.45) is 0.843. The van der Waals surface area contributed by atoms with Crippen molar-refractivity contribution in [2.24, 2.45) is 0 Å². The van der Waals surface area contributed by atoms with Crippen LogP contribution in [0.25, 0.3) is 0 Å². The predicted molar refractivity (Wildman–Crippen MR) is 66.1 cm³/mol. The third-order valence-electron chi connectivity index (χ3n) is 2.41. The van der Waals surface area contributed by atoms with Crippen LogP contribution in [-0.2, 0) is 14.6 Å². The normalized spacial score (nSPS) is 23.6. The molecule has 0 aromatic heterocycles. The van der Waals surface area contributed by atoms with Crippen molar-refractivity contribution >= 4 is 21.8 Å². The molecule has 1 aliphatic rings. The second-order valence-electron chi connectivity index (χ2n) is 4.66. The summed E-state index contributed by atoms with van der Waals surface area (Å²) >= 11 is 0. The van der Waals surface area contributed by atoms with E-state index in [0.29, 0.717) is 0 Å². The second-order valence-corrected chi connectivity index (χ2v) is 6.59. The van der Waals surface area contributed by atoms with Crippen molar-refractivity contribution in [3.63, 3.8) is 0 Å². The van der Waals surface area contributed by atoms with E-state index in [2.05, 4.69) is 10.6 Å². The summed E-state index contributed by atoms with van der Waals surface area (Å²) in [5.41, 5.74) is -1.57. The van der Waals surface area contributed by atoms with Crippen LogP contribution in [-0.4, -0.2) is 54.6 Å². The van der Waals surface area contributed by atoms with Crippen molar-refractivity contribution in [2.75, 3.05) is 12.3 Å². The van der Waals surface area contributed by atoms with Crippen LogP contribution < -0.4 is 10.6 Å². The van der Waals surface area contributed by atoms with Gasteiger partial charge in [-0.05, 0) is 13.0 Å². The molecule has 2 unspecified atom stereocenters. The lowest BCUT2D eigenvalue weighted by Crippen LogP contribution is -2.48. The first-order valence-electron chi connectivity index (χ1n) is 5.49. The minimum atomic E-state index is -3.25. The minimum absolute atomic E-state index is 0.202. The lowest BCUT2D eigenvalue weighted by Gasteiger charge is -2.22. The molecule has 0 aromatic carbocycles. The van der Waals surface area contributed by atoms with Gasteiger partial charge >= 0.3 is 12.0 Å². The average molecular weight is 292 g/mol. The summed E-state index contributed by atoms with van der Waals surface area (Å²) < 4.78 is 22.2. The van der Waals surface area contributed by atoms with Crippen LogP contribution in [0.4, 0.5) is 4.79 Å². The van der Waals surface area contributed by atoms with Gasteiger partial charge in [-0.2, -0.15) is 0 Å². The molecule has 8 nitrogen and oxygen atoms in total. The molecular weight excluding hydrogens is 276 g/mol. The third kappa shape index (κ3) is 5.71. The quantitative estimate of drug-likeness (QED) is 0.504. The minimum Gasteiger partial charge on any atom is -0.481 e. The maximum Gasteiger partial charge on any atom is 0.315 e. The molecule has 0 aliphatic carbocycles. The number of nitrogens with one attached hydrogen (secondary N) is 2. The van der Waals surface area contributed by atoms with Gasteiger partial charge in [0.15, 0.2) is 9.84 Å². The van der Waals surface area contributed by atoms with E-state index < -0.39 is 39.9 Å². The average Bonchev–Trinajstić information content (AvgIpc) is 2.53. The van der Waals surface area contributed by atoms with Crippen molar-refractivity contribution < 1.29 is 28.2 Å². The lowest BCUT2D eigenvalue weighted by molar-refractivity contribution is -0.141. The Kier molecular flexibility index (Phi) is 4.53. The monoisotopic (exact) mass is 292 g/mol. The highest BCUT2D eigenvalue weighted by molar-refractivity contribution is 7.94. The number of carboxylic acid groups (broad SMARTS) is 1. The van der Waals surface area contributed by atoms with E-state index in [1.54, 1.807) is 0 Å². The molecule has 0 spiro atoms. The first-order valence-corrected chi connectivity index (χ1v) is 7.21. The fourth-order valence-electron chi connectivity index (χ4n) is 1.54. The number of carbonyl (C=O) groups excluding carboxylic acids is 1. The number of carbonyl (C=O) groups is 2. The van der Waals surface area contributed by atoms with E-state index in [-0.39, 0.29) is 12.3 Å². The fraction of sp³-hybridized carbons (Fsp3) is 0.600. The highest BCUT2D eigenvalue weighted by Gasteiger charge is 2.26. The Morgan fingerprint density at radius 2 is 2.11 bits per heavy atom. The first-order chi connectivity index (χ1) is 8.60. The van der Waals surface area contributed by atoms with Crippen LogP contribution in [0.2, 0.25) is 0 Å². The zero-order chi connectivity index (χ0) is 14.7. The maximum atomic E-state index is 11.4. The van der Waals surface area contributed by atoms with Crippen LogP contribution in [0, 0.1) is 0 Å². The maximum absolute atomic E-state index is 11.4. The van der Waals surface area contributed by atoms with Crippen LogP contribution in [0.5, 0.6) is 0 Å². The number of aliphatic carboxylic acids is 1. The van der Waals surface area contributed by atoms with Gasteiger partial charge in [0.2, 0.25) is 0 Å². The summed E-state index contributed by atoms with van der Waals surface area (Å²) in [5.74, 6) is -1.39. The number of urea groups is 1. The van der Waals surface area contributed by atoms with Crippen LogP contribution in [0.15, 0.2) is 11.5 Å². The molecule has 1 heterocycles. The molecule has 0 saturated heterocycles. The standard InChI is InChI=1S/C10H16N2O6S/c1-10(16,4-8(13)14)6-11-9(15)12-7-2-3-19(17,18)5-7/h2-3,7,16H,4-6H2,1H3,(H,13,14)(H2,11,12,15). The zero-order valence-corrected chi connectivity index (χ0v) is 11.1. The van der Waals surface area contributed by atoms with Gasteiger partial charge in [-0.15, -0.1) is 0 Å². The largest absolute Gasteiger partial charge is 0.481 e. The first kappa shape index (κ1) is 15.4. The highest BCUT2D eigenvalue weighted by atomic mass is 32.2. The zero-order valence-electron chi connectivity index (χ0n) is 10.3. The van der Waals surface area contributed by atoms with E-state index in [4.69, 9.17) is 5.11 Å². The van der Waals surface area contributed by atoms with E-state index in [1.165, 1.54) is 13.0 Å². The molecule has 0 radical (unpaired) electrons. The van der Waals surface area contributed by atoms with Crippen LogP contribution in [0.3, 0.4) is 0 Å². The third-order valence-corrected chi connectivity index (χ3v) is 3.80. The SMILES string of the molecule is CC(O)(CNC(=O)NC1C=CS(=O)(=O)C1)CC(=O)O. The molecule has 4 N–H and O–H groups in total. The van der Waals surface area contributed by atoms with E-state index >= 15 is 0 Å². The Hall–Kier alpha value is -1.61. The van der Waals surface area contributed by atoms with Crippen molar-refractivity contribution in [3.05, 3.63) is 11.5 Å². The molecule has 9 heteroatoms. The molecule has 2 atom stereocenters. The van der Waals surface area contributed by atoms with Crippen LogP contribution in [0.1, 0.15) is 13.3 Å². The smallest absolute Gasteiger partial charge is 0.315 e. The number of hydrogen-bond acceptors (Lipinski definition) is 5. The second kappa shape index (κ2) is 5.57. The van der Waals surface area contributed by atoms with Crippen molar-refractivity contribution in [1.82, 2.24) is 10.6 Å². The predicted octanol–water partition coefficient (Wildman–Crippen LogP) is -1.18. The Balaban J connectivity index is 2.37. The number of aliphatic hydroxyl groups is 1. The van der Waals surface area contributed by atoms with Gasteiger partial charge in [0, 0.05) is 12.0 Å². The Bertz CT molecular complexity index is 496. The van der Waals surface area contributed by atoms with Crippen molar-refractivity contribution in [2.45, 2.75) is 25.0 Å². The molecule has 108 valence electrons. The summed E-state index contributed by atoms with van der Waals surface area (Å²) in [4.78, 5) is 21.9. The van der Waals surface area contributed by atoms with E-state index in [0.717, 1.165) is 5.41 Å². The summed E-state index contributed by atoms with van der Waals surface area (Å²) in [7, 11) is -3.25. The van der Waals surface area contributed by atoms with Crippen LogP contribution >= 0.6 is 0 Å². The fourth-order valence-corrected chi connectivity index (χ4v) is 2.78. The molecule has 2 amide bonds. The molecule has 0 saturated carbocycles. The summed E-state index contributed by atoms with van der Waals surface area (Å²) in [6, 6.07) is -1.29. The van der Waals surface area contributed by atoms with Crippen molar-refractivity contribution in [1.29, 1.82) is 0 Å². The van der Waals surface area contributed by atoms with Gasteiger partial charge in [-0.1, -0.05) is 0 Å². The Morgan fingerprint density at radius 1 is 1.47 bits per heavy atom. The Morgan fingerprint density at radius 3 is 2.58 bits per heavy atom. The lowest BCUT2D eigenvalue weighted by atomic mass is 10.0. The van der Waals surface area contributed by atoms with E-state index in [9.17, 15) is 23.1 Å².